The third-order valence-electron chi connectivity index (χ3n) is 4.93. The molecule has 0 radical (unpaired) electrons. The van der Waals surface area contributed by atoms with E-state index in [0.717, 1.165) is 22.0 Å². The van der Waals surface area contributed by atoms with E-state index in [1.165, 1.54) is 0 Å². The molecule has 1 unspecified atom stereocenters. The number of rotatable bonds is 3. The highest BCUT2D eigenvalue weighted by atomic mass is 15.1. The Bertz CT molecular complexity index is 1310. The topological polar surface area (TPSA) is 95.4 Å². The Labute approximate surface area is 160 Å². The molecule has 0 fully saturated rings. The standard InChI is InChI=1S/C21H17N7/c1-13(14-6-7-17-15(10-14)4-2-8-23-17)28-12-26-20-21(28)27-18(11-25-20)16-5-3-9-24-19(16)22/h2-13H,1H3,(H2,22,24). The van der Waals surface area contributed by atoms with E-state index in [1.807, 2.05) is 28.8 Å². The number of nitrogen functional groups attached to an aromatic ring is 1. The second kappa shape index (κ2) is 6.38. The van der Waals surface area contributed by atoms with Crippen LogP contribution >= 0.6 is 0 Å². The van der Waals surface area contributed by atoms with Crippen LogP contribution in [0.1, 0.15) is 18.5 Å². The van der Waals surface area contributed by atoms with Crippen molar-refractivity contribution in [2.75, 3.05) is 5.73 Å². The van der Waals surface area contributed by atoms with Gasteiger partial charge in [0.1, 0.15) is 5.82 Å². The van der Waals surface area contributed by atoms with Crippen LogP contribution in [0.4, 0.5) is 5.82 Å². The van der Waals surface area contributed by atoms with E-state index in [0.29, 0.717) is 22.8 Å². The van der Waals surface area contributed by atoms with Crippen molar-refractivity contribution < 1.29 is 0 Å². The second-order valence-corrected chi connectivity index (χ2v) is 6.62. The molecule has 136 valence electrons. The first-order valence-corrected chi connectivity index (χ1v) is 8.96. The van der Waals surface area contributed by atoms with Crippen molar-refractivity contribution in [3.63, 3.8) is 0 Å². The minimum Gasteiger partial charge on any atom is -0.383 e. The molecule has 4 aromatic heterocycles. The predicted octanol–water partition coefficient (Wildman–Crippen LogP) is 3.63. The third kappa shape index (κ3) is 2.64. The molecule has 1 aromatic carbocycles. The van der Waals surface area contributed by atoms with Crippen molar-refractivity contribution in [1.82, 2.24) is 29.5 Å². The van der Waals surface area contributed by atoms with Gasteiger partial charge in [0.15, 0.2) is 11.3 Å². The molecule has 7 heteroatoms. The molecule has 0 saturated carbocycles. The summed E-state index contributed by atoms with van der Waals surface area (Å²) in [4.78, 5) is 22.2. The maximum absolute atomic E-state index is 6.01. The number of imidazole rings is 1. The molecular formula is C21H17N7. The maximum atomic E-state index is 6.01. The number of anilines is 1. The molecule has 0 spiro atoms. The van der Waals surface area contributed by atoms with E-state index in [-0.39, 0.29) is 6.04 Å². The summed E-state index contributed by atoms with van der Waals surface area (Å²) < 4.78 is 2.02. The molecule has 0 saturated heterocycles. The van der Waals surface area contributed by atoms with Crippen LogP contribution in [-0.2, 0) is 0 Å². The summed E-state index contributed by atoms with van der Waals surface area (Å²) in [7, 11) is 0. The molecule has 28 heavy (non-hydrogen) atoms. The Morgan fingerprint density at radius 1 is 0.964 bits per heavy atom. The lowest BCUT2D eigenvalue weighted by molar-refractivity contribution is 0.653. The number of fused-ring (bicyclic) bond motifs is 2. The number of aromatic nitrogens is 6. The molecule has 4 heterocycles. The van der Waals surface area contributed by atoms with Gasteiger partial charge >= 0.3 is 0 Å². The monoisotopic (exact) mass is 367 g/mol. The first-order chi connectivity index (χ1) is 13.7. The van der Waals surface area contributed by atoms with E-state index in [2.05, 4.69) is 45.1 Å². The Kier molecular flexibility index (Phi) is 3.72. The molecule has 0 bridgehead atoms. The molecule has 2 N–H and O–H groups in total. The van der Waals surface area contributed by atoms with Crippen LogP contribution in [0.25, 0.3) is 33.5 Å². The van der Waals surface area contributed by atoms with Crippen LogP contribution in [0.15, 0.2) is 67.4 Å². The van der Waals surface area contributed by atoms with Crippen molar-refractivity contribution in [1.29, 1.82) is 0 Å². The van der Waals surface area contributed by atoms with Crippen LogP contribution in [0, 0.1) is 0 Å². The van der Waals surface area contributed by atoms with Gasteiger partial charge in [-0.05, 0) is 42.8 Å². The second-order valence-electron chi connectivity index (χ2n) is 6.62. The number of nitrogens with two attached hydrogens (primary N) is 1. The van der Waals surface area contributed by atoms with Gasteiger partial charge in [-0.25, -0.2) is 19.9 Å². The lowest BCUT2D eigenvalue weighted by Gasteiger charge is -2.15. The van der Waals surface area contributed by atoms with Gasteiger partial charge in [-0.15, -0.1) is 0 Å². The summed E-state index contributed by atoms with van der Waals surface area (Å²) >= 11 is 0. The zero-order valence-corrected chi connectivity index (χ0v) is 15.2. The highest BCUT2D eigenvalue weighted by Crippen LogP contribution is 2.27. The molecular weight excluding hydrogens is 350 g/mol. The summed E-state index contributed by atoms with van der Waals surface area (Å²) in [5.41, 5.74) is 10.9. The van der Waals surface area contributed by atoms with Gasteiger partial charge in [0.2, 0.25) is 0 Å². The van der Waals surface area contributed by atoms with E-state index in [1.54, 1.807) is 24.9 Å². The van der Waals surface area contributed by atoms with Gasteiger partial charge in [-0.1, -0.05) is 12.1 Å². The largest absolute Gasteiger partial charge is 0.383 e. The van der Waals surface area contributed by atoms with Crippen LogP contribution in [-0.4, -0.2) is 29.5 Å². The van der Waals surface area contributed by atoms with Crippen LogP contribution < -0.4 is 5.73 Å². The lowest BCUT2D eigenvalue weighted by Crippen LogP contribution is -2.07. The van der Waals surface area contributed by atoms with E-state index < -0.39 is 0 Å². The lowest BCUT2D eigenvalue weighted by atomic mass is 10.1. The molecule has 0 aliphatic carbocycles. The molecule has 7 nitrogen and oxygen atoms in total. The van der Waals surface area contributed by atoms with Crippen LogP contribution in [0.3, 0.4) is 0 Å². The van der Waals surface area contributed by atoms with E-state index in [9.17, 15) is 0 Å². The Balaban J connectivity index is 1.61. The zero-order chi connectivity index (χ0) is 19.1. The van der Waals surface area contributed by atoms with E-state index in [4.69, 9.17) is 10.7 Å². The molecule has 0 amide bonds. The predicted molar refractivity (Wildman–Crippen MR) is 109 cm³/mol. The number of hydrogen-bond acceptors (Lipinski definition) is 6. The SMILES string of the molecule is CC(c1ccc2ncccc2c1)n1cnc2ncc(-c3cccnc3N)nc21. The van der Waals surface area contributed by atoms with Gasteiger partial charge in [0.05, 0.1) is 29.8 Å². The number of hydrogen-bond donors (Lipinski definition) is 1. The fraction of sp³-hybridized carbons (Fsp3) is 0.0952. The van der Waals surface area contributed by atoms with Gasteiger partial charge in [-0.3, -0.25) is 4.98 Å². The highest BCUT2D eigenvalue weighted by Gasteiger charge is 2.16. The average Bonchev–Trinajstić information content (AvgIpc) is 3.16. The van der Waals surface area contributed by atoms with Gasteiger partial charge in [0, 0.05) is 23.3 Å². The number of benzene rings is 1. The minimum absolute atomic E-state index is 0.0328. The molecule has 5 aromatic rings. The molecule has 5 rings (SSSR count). The summed E-state index contributed by atoms with van der Waals surface area (Å²) in [6.07, 6.45) is 6.92. The number of nitrogens with zero attached hydrogens (tertiary/aromatic N) is 6. The Hall–Kier alpha value is -3.87. The first kappa shape index (κ1) is 16.3. The Morgan fingerprint density at radius 3 is 2.71 bits per heavy atom. The van der Waals surface area contributed by atoms with Crippen molar-refractivity contribution in [3.8, 4) is 11.3 Å². The van der Waals surface area contributed by atoms with Gasteiger partial charge in [0.25, 0.3) is 0 Å². The van der Waals surface area contributed by atoms with Crippen molar-refractivity contribution in [2.45, 2.75) is 13.0 Å². The van der Waals surface area contributed by atoms with E-state index >= 15 is 0 Å². The fourth-order valence-corrected chi connectivity index (χ4v) is 3.37. The normalized spacial score (nSPS) is 12.5. The maximum Gasteiger partial charge on any atom is 0.197 e. The quantitative estimate of drug-likeness (QED) is 0.523. The Morgan fingerprint density at radius 2 is 1.82 bits per heavy atom. The van der Waals surface area contributed by atoms with Crippen LogP contribution in [0.5, 0.6) is 0 Å². The molecule has 1 atom stereocenters. The van der Waals surface area contributed by atoms with Crippen molar-refractivity contribution in [3.05, 3.63) is 72.9 Å². The summed E-state index contributed by atoms with van der Waals surface area (Å²) in [5.74, 6) is 0.428. The summed E-state index contributed by atoms with van der Waals surface area (Å²) in [5, 5.41) is 1.10. The first-order valence-electron chi connectivity index (χ1n) is 8.96. The zero-order valence-electron chi connectivity index (χ0n) is 15.2. The highest BCUT2D eigenvalue weighted by molar-refractivity contribution is 5.79. The van der Waals surface area contributed by atoms with Crippen molar-refractivity contribution >= 4 is 28.0 Å². The summed E-state index contributed by atoms with van der Waals surface area (Å²) in [6, 6.07) is 14.0. The molecule has 0 aliphatic rings. The molecule has 0 aliphatic heterocycles. The van der Waals surface area contributed by atoms with Crippen LogP contribution in [0.2, 0.25) is 0 Å². The number of pyridine rings is 2. The van der Waals surface area contributed by atoms with Gasteiger partial charge in [-0.2, -0.15) is 0 Å². The van der Waals surface area contributed by atoms with Gasteiger partial charge < -0.3 is 10.3 Å². The summed E-state index contributed by atoms with van der Waals surface area (Å²) in [6.45, 7) is 2.12. The fourth-order valence-electron chi connectivity index (χ4n) is 3.37. The van der Waals surface area contributed by atoms with Crippen molar-refractivity contribution in [2.24, 2.45) is 0 Å². The smallest absolute Gasteiger partial charge is 0.197 e. The third-order valence-corrected chi connectivity index (χ3v) is 4.93. The minimum atomic E-state index is 0.0328. The average molecular weight is 367 g/mol.